The fraction of sp³-hybridized carbons (Fsp3) is 0.435. The summed E-state index contributed by atoms with van der Waals surface area (Å²) in [6, 6.07) is 18.6. The fourth-order valence-electron chi connectivity index (χ4n) is 5.14. The molecule has 1 saturated heterocycles. The molecule has 1 N–H and O–H groups in total. The monoisotopic (exact) mass is 365 g/mol. The second kappa shape index (κ2) is 7.10. The average molecular weight is 365 g/mol. The lowest BCUT2D eigenvalue weighted by molar-refractivity contribution is -0.214. The molecular formula is C23H27NO3. The van der Waals surface area contributed by atoms with Crippen molar-refractivity contribution in [2.45, 2.75) is 37.4 Å². The number of carbonyl (C=O) groups is 1. The molecule has 1 aliphatic carbocycles. The number of carbonyl (C=O) groups excluding carboxylic acids is 1. The van der Waals surface area contributed by atoms with Gasteiger partial charge in [0.15, 0.2) is 0 Å². The van der Waals surface area contributed by atoms with Crippen LogP contribution in [0.3, 0.4) is 0 Å². The Bertz CT molecular complexity index is 821. The summed E-state index contributed by atoms with van der Waals surface area (Å²) < 4.78 is 12.3. The van der Waals surface area contributed by atoms with Crippen LogP contribution in [0.2, 0.25) is 0 Å². The Balaban J connectivity index is 2.00. The molecule has 4 nitrogen and oxygen atoms in total. The van der Waals surface area contributed by atoms with E-state index in [-0.39, 0.29) is 12.1 Å². The second-order valence-electron chi connectivity index (χ2n) is 7.61. The van der Waals surface area contributed by atoms with E-state index in [1.165, 1.54) is 12.7 Å². The molecule has 0 unspecified atom stereocenters. The maximum atomic E-state index is 13.3. The molecule has 4 heteroatoms. The molecule has 0 spiro atoms. The predicted octanol–water partition coefficient (Wildman–Crippen LogP) is 3.43. The highest BCUT2D eigenvalue weighted by Crippen LogP contribution is 2.60. The van der Waals surface area contributed by atoms with E-state index < -0.39 is 11.0 Å². The number of esters is 1. The van der Waals surface area contributed by atoms with Gasteiger partial charge in [-0.1, -0.05) is 54.6 Å². The molecule has 0 saturated carbocycles. The standard InChI is InChI=1S/C23H27NO3/c1-24-16-19-13-15-22(21(25)26-2)14-12-17-8-6-7-11-20(17)23(22,27-19)18-9-4-3-5-10-18/h3-11,19,24H,12-16H2,1-2H3/t19-,22-,23-/m0/s1. The third-order valence-corrected chi connectivity index (χ3v) is 6.32. The van der Waals surface area contributed by atoms with Crippen molar-refractivity contribution in [3.05, 3.63) is 71.3 Å². The molecular weight excluding hydrogens is 338 g/mol. The van der Waals surface area contributed by atoms with Crippen molar-refractivity contribution >= 4 is 5.97 Å². The number of fused-ring (bicyclic) bond motifs is 3. The van der Waals surface area contributed by atoms with Gasteiger partial charge in [-0.3, -0.25) is 4.79 Å². The molecule has 4 rings (SSSR count). The first kappa shape index (κ1) is 18.2. The van der Waals surface area contributed by atoms with E-state index in [2.05, 4.69) is 35.6 Å². The quantitative estimate of drug-likeness (QED) is 0.844. The van der Waals surface area contributed by atoms with Gasteiger partial charge in [-0.25, -0.2) is 0 Å². The van der Waals surface area contributed by atoms with Gasteiger partial charge < -0.3 is 14.8 Å². The molecule has 1 fully saturated rings. The summed E-state index contributed by atoms with van der Waals surface area (Å²) in [6.07, 6.45) is 3.24. The van der Waals surface area contributed by atoms with Crippen LogP contribution in [0.15, 0.2) is 54.6 Å². The SMILES string of the molecule is CNC[C@@H]1CC[C@]2(C(=O)OC)CCc3ccccc3[C@]2(c2ccccc2)O1. The van der Waals surface area contributed by atoms with Crippen LogP contribution in [0, 0.1) is 5.41 Å². The van der Waals surface area contributed by atoms with Gasteiger partial charge in [0.2, 0.25) is 0 Å². The summed E-state index contributed by atoms with van der Waals surface area (Å²) >= 11 is 0. The number of rotatable bonds is 4. The predicted molar refractivity (Wildman–Crippen MR) is 104 cm³/mol. The van der Waals surface area contributed by atoms with Crippen molar-refractivity contribution in [1.29, 1.82) is 0 Å². The molecule has 0 amide bonds. The van der Waals surface area contributed by atoms with E-state index in [9.17, 15) is 4.79 Å². The van der Waals surface area contributed by atoms with Gasteiger partial charge in [0.1, 0.15) is 11.0 Å². The molecule has 27 heavy (non-hydrogen) atoms. The van der Waals surface area contributed by atoms with E-state index in [0.717, 1.165) is 43.4 Å². The van der Waals surface area contributed by atoms with E-state index >= 15 is 0 Å². The fourth-order valence-corrected chi connectivity index (χ4v) is 5.14. The lowest BCUT2D eigenvalue weighted by Crippen LogP contribution is -2.61. The third kappa shape index (κ3) is 2.62. The van der Waals surface area contributed by atoms with E-state index in [1.54, 1.807) is 0 Å². The Morgan fingerprint density at radius 2 is 1.89 bits per heavy atom. The molecule has 2 aromatic carbocycles. The number of hydrogen-bond acceptors (Lipinski definition) is 4. The maximum Gasteiger partial charge on any atom is 0.315 e. The van der Waals surface area contributed by atoms with Gasteiger partial charge in [-0.2, -0.15) is 0 Å². The van der Waals surface area contributed by atoms with Crippen LogP contribution < -0.4 is 5.32 Å². The smallest absolute Gasteiger partial charge is 0.315 e. The molecule has 0 aromatic heterocycles. The van der Waals surface area contributed by atoms with Gasteiger partial charge >= 0.3 is 5.97 Å². The summed E-state index contributed by atoms with van der Waals surface area (Å²) in [5.41, 5.74) is 1.86. The number of nitrogens with one attached hydrogen (secondary N) is 1. The van der Waals surface area contributed by atoms with Gasteiger partial charge in [0.05, 0.1) is 13.2 Å². The third-order valence-electron chi connectivity index (χ3n) is 6.32. The van der Waals surface area contributed by atoms with E-state index in [0.29, 0.717) is 0 Å². The van der Waals surface area contributed by atoms with Gasteiger partial charge in [-0.15, -0.1) is 0 Å². The molecule has 1 aliphatic heterocycles. The van der Waals surface area contributed by atoms with Crippen LogP contribution in [0.4, 0.5) is 0 Å². The zero-order chi connectivity index (χ0) is 18.9. The maximum absolute atomic E-state index is 13.3. The highest BCUT2D eigenvalue weighted by Gasteiger charge is 2.64. The minimum absolute atomic E-state index is 0.0409. The van der Waals surface area contributed by atoms with Gasteiger partial charge in [0.25, 0.3) is 0 Å². The largest absolute Gasteiger partial charge is 0.468 e. The van der Waals surface area contributed by atoms with Crippen molar-refractivity contribution in [3.63, 3.8) is 0 Å². The molecule has 3 atom stereocenters. The summed E-state index contributed by atoms with van der Waals surface area (Å²) in [4.78, 5) is 13.3. The molecule has 2 aromatic rings. The summed E-state index contributed by atoms with van der Waals surface area (Å²) in [5.74, 6) is -0.163. The van der Waals surface area contributed by atoms with Crippen LogP contribution >= 0.6 is 0 Å². The summed E-state index contributed by atoms with van der Waals surface area (Å²) in [5, 5.41) is 3.24. The minimum atomic E-state index is -0.823. The molecule has 0 radical (unpaired) electrons. The number of methoxy groups -OCH3 is 1. The summed E-state index contributed by atoms with van der Waals surface area (Å²) in [6.45, 7) is 0.758. The highest BCUT2D eigenvalue weighted by atomic mass is 16.5. The number of hydrogen-bond donors (Lipinski definition) is 1. The van der Waals surface area contributed by atoms with Crippen LogP contribution in [0.1, 0.15) is 36.0 Å². The Morgan fingerprint density at radius 3 is 2.63 bits per heavy atom. The van der Waals surface area contributed by atoms with Gasteiger partial charge in [-0.05, 0) is 49.4 Å². The number of ether oxygens (including phenoxy) is 2. The van der Waals surface area contributed by atoms with Crippen LogP contribution in [-0.4, -0.2) is 32.8 Å². The number of likely N-dealkylation sites (N-methyl/N-ethyl adjacent to an activating group) is 1. The zero-order valence-electron chi connectivity index (χ0n) is 16.0. The summed E-state index contributed by atoms with van der Waals surface area (Å²) in [7, 11) is 3.43. The molecule has 142 valence electrons. The molecule has 0 bridgehead atoms. The van der Waals surface area contributed by atoms with Crippen LogP contribution in [0.5, 0.6) is 0 Å². The van der Waals surface area contributed by atoms with E-state index in [1.807, 2.05) is 31.3 Å². The number of benzene rings is 2. The lowest BCUT2D eigenvalue weighted by atomic mass is 9.55. The van der Waals surface area contributed by atoms with Crippen molar-refractivity contribution in [2.24, 2.45) is 5.41 Å². The van der Waals surface area contributed by atoms with Crippen molar-refractivity contribution in [1.82, 2.24) is 5.32 Å². The normalized spacial score (nSPS) is 29.5. The Labute approximate surface area is 160 Å². The second-order valence-corrected chi connectivity index (χ2v) is 7.61. The first-order valence-corrected chi connectivity index (χ1v) is 9.73. The van der Waals surface area contributed by atoms with Crippen molar-refractivity contribution < 1.29 is 14.3 Å². The zero-order valence-corrected chi connectivity index (χ0v) is 16.0. The lowest BCUT2D eigenvalue weighted by Gasteiger charge is -2.56. The molecule has 2 aliphatic rings. The molecule has 1 heterocycles. The first-order chi connectivity index (χ1) is 13.2. The van der Waals surface area contributed by atoms with Crippen molar-refractivity contribution in [2.75, 3.05) is 20.7 Å². The van der Waals surface area contributed by atoms with Gasteiger partial charge in [0, 0.05) is 6.54 Å². The Kier molecular flexibility index (Phi) is 4.79. The van der Waals surface area contributed by atoms with E-state index in [4.69, 9.17) is 9.47 Å². The topological polar surface area (TPSA) is 47.6 Å². The van der Waals surface area contributed by atoms with Crippen LogP contribution in [0.25, 0.3) is 0 Å². The first-order valence-electron chi connectivity index (χ1n) is 9.73. The Hall–Kier alpha value is -2.17. The highest BCUT2D eigenvalue weighted by molar-refractivity contribution is 5.81. The van der Waals surface area contributed by atoms with Crippen molar-refractivity contribution in [3.8, 4) is 0 Å². The minimum Gasteiger partial charge on any atom is -0.468 e. The number of aryl methyl sites for hydroxylation is 1. The average Bonchev–Trinajstić information content (AvgIpc) is 2.73. The van der Waals surface area contributed by atoms with Crippen LogP contribution in [-0.2, 0) is 26.3 Å². The Morgan fingerprint density at radius 1 is 1.15 bits per heavy atom.